The van der Waals surface area contributed by atoms with Crippen LogP contribution in [0.1, 0.15) is 113 Å². The van der Waals surface area contributed by atoms with Crippen molar-refractivity contribution in [1.29, 1.82) is 0 Å². The van der Waals surface area contributed by atoms with Crippen LogP contribution < -0.4 is 0 Å². The van der Waals surface area contributed by atoms with Gasteiger partial charge in [-0.05, 0) is 115 Å². The monoisotopic (exact) mass is 442 g/mol. The van der Waals surface area contributed by atoms with Crippen LogP contribution in [0.4, 0.5) is 0 Å². The van der Waals surface area contributed by atoms with Gasteiger partial charge in [0, 0.05) is 5.41 Å². The summed E-state index contributed by atoms with van der Waals surface area (Å²) in [6, 6.07) is 0. The molecule has 5 saturated carbocycles. The van der Waals surface area contributed by atoms with Crippen LogP contribution in [0.15, 0.2) is 0 Å². The summed E-state index contributed by atoms with van der Waals surface area (Å²) in [5.41, 5.74) is 1.98. The van der Waals surface area contributed by atoms with Crippen molar-refractivity contribution < 1.29 is 9.84 Å². The number of hydrogen-bond acceptors (Lipinski definition) is 2. The lowest BCUT2D eigenvalue weighted by Crippen LogP contribution is -2.69. The second-order valence-corrected chi connectivity index (χ2v) is 15.7. The topological polar surface area (TPSA) is 29.5 Å². The molecule has 1 aliphatic heterocycles. The molecule has 0 spiro atoms. The van der Waals surface area contributed by atoms with Gasteiger partial charge in [0.2, 0.25) is 0 Å². The molecule has 182 valence electrons. The molecule has 0 radical (unpaired) electrons. The van der Waals surface area contributed by atoms with E-state index in [-0.39, 0.29) is 11.5 Å². The maximum atomic E-state index is 11.6. The second-order valence-electron chi connectivity index (χ2n) is 15.7. The summed E-state index contributed by atoms with van der Waals surface area (Å²) in [6.07, 6.45) is 13.4. The van der Waals surface area contributed by atoms with Crippen LogP contribution in [0.3, 0.4) is 0 Å². The molecule has 2 nitrogen and oxygen atoms in total. The Morgan fingerprint density at radius 2 is 1.38 bits per heavy atom. The van der Waals surface area contributed by atoms with E-state index >= 15 is 0 Å². The predicted octanol–water partition coefficient (Wildman–Crippen LogP) is 7.24. The van der Waals surface area contributed by atoms with Gasteiger partial charge >= 0.3 is 0 Å². The van der Waals surface area contributed by atoms with Crippen molar-refractivity contribution in [3.8, 4) is 0 Å². The fourth-order valence-electron chi connectivity index (χ4n) is 11.9. The summed E-state index contributed by atoms with van der Waals surface area (Å²) in [6.45, 7) is 18.9. The summed E-state index contributed by atoms with van der Waals surface area (Å²) in [7, 11) is 0. The molecule has 1 saturated heterocycles. The SMILES string of the molecule is CC1(C)CCC23CCC4(C)C(CCC5C6(C)C(O)CCC(C)(C)C6CCC54C)C2C1OC3. The van der Waals surface area contributed by atoms with Gasteiger partial charge in [0.25, 0.3) is 0 Å². The molecular formula is C30H50O2. The van der Waals surface area contributed by atoms with E-state index in [0.29, 0.717) is 45.0 Å². The van der Waals surface area contributed by atoms with E-state index in [2.05, 4.69) is 48.5 Å². The Morgan fingerprint density at radius 1 is 0.656 bits per heavy atom. The molecule has 0 aromatic carbocycles. The van der Waals surface area contributed by atoms with Gasteiger partial charge in [-0.3, -0.25) is 0 Å². The lowest BCUT2D eigenvalue weighted by molar-refractivity contribution is -0.263. The Labute approximate surface area is 197 Å². The second kappa shape index (κ2) is 6.37. The summed E-state index contributed by atoms with van der Waals surface area (Å²) in [4.78, 5) is 0. The van der Waals surface area contributed by atoms with Crippen LogP contribution in [0.5, 0.6) is 0 Å². The Morgan fingerprint density at radius 3 is 2.12 bits per heavy atom. The Kier molecular flexibility index (Phi) is 4.46. The molecule has 10 atom stereocenters. The zero-order chi connectivity index (χ0) is 22.9. The maximum Gasteiger partial charge on any atom is 0.0663 e. The first-order valence-electron chi connectivity index (χ1n) is 14.1. The Bertz CT molecular complexity index is 801. The fraction of sp³-hybridized carbons (Fsp3) is 1.00. The molecule has 6 rings (SSSR count). The summed E-state index contributed by atoms with van der Waals surface area (Å²) in [5, 5.41) is 11.6. The highest BCUT2D eigenvalue weighted by molar-refractivity contribution is 5.21. The molecule has 32 heavy (non-hydrogen) atoms. The molecule has 1 N–H and O–H groups in total. The average Bonchev–Trinajstić information content (AvgIpc) is 3.05. The molecule has 2 heteroatoms. The maximum absolute atomic E-state index is 11.6. The third-order valence-corrected chi connectivity index (χ3v) is 14.0. The third-order valence-electron chi connectivity index (χ3n) is 14.0. The summed E-state index contributed by atoms with van der Waals surface area (Å²) in [5.74, 6) is 2.90. The number of rotatable bonds is 0. The van der Waals surface area contributed by atoms with Crippen LogP contribution >= 0.6 is 0 Å². The van der Waals surface area contributed by atoms with Gasteiger partial charge in [0.15, 0.2) is 0 Å². The normalized spacial score (nSPS) is 60.0. The van der Waals surface area contributed by atoms with Crippen molar-refractivity contribution in [3.05, 3.63) is 0 Å². The molecule has 6 fully saturated rings. The van der Waals surface area contributed by atoms with Crippen molar-refractivity contribution >= 4 is 0 Å². The van der Waals surface area contributed by atoms with E-state index in [4.69, 9.17) is 4.74 Å². The smallest absolute Gasteiger partial charge is 0.0663 e. The molecule has 6 aliphatic rings. The van der Waals surface area contributed by atoms with E-state index in [9.17, 15) is 5.11 Å². The minimum Gasteiger partial charge on any atom is -0.393 e. The number of hydrogen-bond donors (Lipinski definition) is 1. The van der Waals surface area contributed by atoms with Crippen LogP contribution in [0.25, 0.3) is 0 Å². The molecular weight excluding hydrogens is 392 g/mol. The highest BCUT2D eigenvalue weighted by Gasteiger charge is 2.73. The van der Waals surface area contributed by atoms with Crippen LogP contribution in [-0.4, -0.2) is 23.9 Å². The van der Waals surface area contributed by atoms with Crippen molar-refractivity contribution in [2.45, 2.75) is 125 Å². The van der Waals surface area contributed by atoms with E-state index in [1.807, 2.05) is 0 Å². The summed E-state index contributed by atoms with van der Waals surface area (Å²) >= 11 is 0. The van der Waals surface area contributed by atoms with Gasteiger partial charge in [0.1, 0.15) is 0 Å². The Hall–Kier alpha value is -0.0800. The number of fused-ring (bicyclic) bond motifs is 5. The van der Waals surface area contributed by atoms with Crippen molar-refractivity contribution in [2.75, 3.05) is 6.61 Å². The van der Waals surface area contributed by atoms with Gasteiger partial charge in [0.05, 0.1) is 18.8 Å². The molecule has 1 heterocycles. The first-order valence-corrected chi connectivity index (χ1v) is 14.1. The van der Waals surface area contributed by atoms with Crippen molar-refractivity contribution in [1.82, 2.24) is 0 Å². The zero-order valence-corrected chi connectivity index (χ0v) is 22.1. The van der Waals surface area contributed by atoms with Gasteiger partial charge < -0.3 is 9.84 Å². The van der Waals surface area contributed by atoms with Gasteiger partial charge in [-0.15, -0.1) is 0 Å². The first-order chi connectivity index (χ1) is 14.8. The van der Waals surface area contributed by atoms with E-state index in [0.717, 1.165) is 24.9 Å². The molecule has 0 aromatic rings. The minimum atomic E-state index is -0.117. The lowest BCUT2D eigenvalue weighted by Gasteiger charge is -2.73. The predicted molar refractivity (Wildman–Crippen MR) is 130 cm³/mol. The van der Waals surface area contributed by atoms with E-state index < -0.39 is 0 Å². The van der Waals surface area contributed by atoms with Gasteiger partial charge in [-0.1, -0.05) is 48.5 Å². The minimum absolute atomic E-state index is 0.0825. The number of aliphatic hydroxyl groups is 1. The first kappa shape index (κ1) is 22.4. The van der Waals surface area contributed by atoms with E-state index in [1.165, 1.54) is 57.8 Å². The van der Waals surface area contributed by atoms with Crippen LogP contribution in [0.2, 0.25) is 0 Å². The molecule has 10 unspecified atom stereocenters. The summed E-state index contributed by atoms with van der Waals surface area (Å²) < 4.78 is 6.70. The third kappa shape index (κ3) is 2.41. The largest absolute Gasteiger partial charge is 0.393 e. The number of ether oxygens (including phenoxy) is 1. The average molecular weight is 443 g/mol. The van der Waals surface area contributed by atoms with Gasteiger partial charge in [-0.25, -0.2) is 0 Å². The zero-order valence-electron chi connectivity index (χ0n) is 22.1. The number of aliphatic hydroxyl groups excluding tert-OH is 1. The molecule has 5 aliphatic carbocycles. The van der Waals surface area contributed by atoms with Gasteiger partial charge in [-0.2, -0.15) is 0 Å². The van der Waals surface area contributed by atoms with E-state index in [1.54, 1.807) is 0 Å². The molecule has 2 bridgehead atoms. The standard InChI is InChI=1S/C30H50O2/c1-25(2)12-11-22(31)29(7)20(25)10-13-28(6)21(29)9-8-19-23-24-26(3,4)14-16-30(23,18-32-24)17-15-27(19,28)5/h19-24,31H,8-18H2,1-7H3. The highest BCUT2D eigenvalue weighted by Crippen LogP contribution is 2.78. The molecule has 0 aromatic heterocycles. The molecule has 0 amide bonds. The van der Waals surface area contributed by atoms with Crippen LogP contribution in [-0.2, 0) is 4.74 Å². The van der Waals surface area contributed by atoms with Crippen LogP contribution in [0, 0.1) is 56.2 Å². The quantitative estimate of drug-likeness (QED) is 0.428. The highest BCUT2D eigenvalue weighted by atomic mass is 16.5. The Balaban J connectivity index is 1.42. The van der Waals surface area contributed by atoms with Crippen molar-refractivity contribution in [3.63, 3.8) is 0 Å². The van der Waals surface area contributed by atoms with Crippen molar-refractivity contribution in [2.24, 2.45) is 56.2 Å². The lowest BCUT2D eigenvalue weighted by atomic mass is 9.31. The fourth-order valence-corrected chi connectivity index (χ4v) is 11.9.